The summed E-state index contributed by atoms with van der Waals surface area (Å²) < 4.78 is 5.24. The van der Waals surface area contributed by atoms with Gasteiger partial charge in [-0.3, -0.25) is 4.79 Å². The summed E-state index contributed by atoms with van der Waals surface area (Å²) in [5.74, 6) is 1.02. The highest BCUT2D eigenvalue weighted by Gasteiger charge is 2.33. The molecule has 1 aromatic heterocycles. The van der Waals surface area contributed by atoms with E-state index in [0.29, 0.717) is 13.0 Å². The van der Waals surface area contributed by atoms with Gasteiger partial charge in [0, 0.05) is 6.54 Å². The third kappa shape index (κ3) is 2.60. The number of hydrogen-bond donors (Lipinski definition) is 0. The van der Waals surface area contributed by atoms with Crippen LogP contribution in [0.15, 0.2) is 59.2 Å². The summed E-state index contributed by atoms with van der Waals surface area (Å²) in [4.78, 5) is 13.6. The number of likely N-dealkylation sites (tertiary alicyclic amines) is 1. The minimum atomic E-state index is 0.179. The Bertz CT molecular complexity index is 572. The smallest absolute Gasteiger partial charge is 0.225 e. The number of benzene rings is 1. The third-order valence-electron chi connectivity index (χ3n) is 3.33. The maximum absolute atomic E-state index is 11.7. The molecule has 1 atom stereocenters. The van der Waals surface area contributed by atoms with Crippen LogP contribution in [-0.2, 0) is 11.3 Å². The highest BCUT2D eigenvalue weighted by molar-refractivity contribution is 5.84. The average molecular weight is 253 g/mol. The molecule has 2 aromatic rings. The average Bonchev–Trinajstić information content (AvgIpc) is 2.95. The molecule has 0 unspecified atom stereocenters. The van der Waals surface area contributed by atoms with Gasteiger partial charge < -0.3 is 9.32 Å². The summed E-state index contributed by atoms with van der Waals surface area (Å²) >= 11 is 0. The Morgan fingerprint density at radius 2 is 2.05 bits per heavy atom. The van der Waals surface area contributed by atoms with E-state index < -0.39 is 0 Å². The van der Waals surface area contributed by atoms with E-state index in [0.717, 1.165) is 11.3 Å². The molecule has 0 bridgehead atoms. The van der Waals surface area contributed by atoms with E-state index in [1.165, 1.54) is 0 Å². The first-order chi connectivity index (χ1) is 9.33. The molecule has 0 spiro atoms. The molecule has 1 aliphatic rings. The monoisotopic (exact) mass is 253 g/mol. The van der Waals surface area contributed by atoms with Crippen molar-refractivity contribution in [1.29, 1.82) is 0 Å². The van der Waals surface area contributed by atoms with Crippen LogP contribution in [0.3, 0.4) is 0 Å². The van der Waals surface area contributed by atoms with Crippen molar-refractivity contribution in [3.05, 3.63) is 66.1 Å². The van der Waals surface area contributed by atoms with Crippen molar-refractivity contribution in [3.8, 4) is 0 Å². The lowest BCUT2D eigenvalue weighted by Crippen LogP contribution is -2.50. The van der Waals surface area contributed by atoms with Crippen LogP contribution in [0.4, 0.5) is 0 Å². The maximum Gasteiger partial charge on any atom is 0.225 e. The number of furan rings is 1. The number of amides is 1. The Balaban J connectivity index is 1.65. The first-order valence-electron chi connectivity index (χ1n) is 6.38. The normalized spacial score (nSPS) is 18.8. The lowest BCUT2D eigenvalue weighted by Gasteiger charge is -2.38. The van der Waals surface area contributed by atoms with E-state index in [9.17, 15) is 4.79 Å². The summed E-state index contributed by atoms with van der Waals surface area (Å²) in [5, 5.41) is 0. The zero-order chi connectivity index (χ0) is 13.1. The Kier molecular flexibility index (Phi) is 3.19. The SMILES string of the molecule is O=C1C[C@@H](C=Cc2ccco2)N1Cc1ccccc1. The maximum atomic E-state index is 11.7. The molecule has 0 N–H and O–H groups in total. The summed E-state index contributed by atoms with van der Waals surface area (Å²) in [7, 11) is 0. The standard InChI is InChI=1S/C16H15NO2/c18-16-11-14(8-9-15-7-4-10-19-15)17(16)12-13-5-2-1-3-6-13/h1-10,14H,11-12H2/t14-/m1/s1. The fourth-order valence-corrected chi connectivity index (χ4v) is 2.23. The van der Waals surface area contributed by atoms with Crippen molar-refractivity contribution in [3.63, 3.8) is 0 Å². The van der Waals surface area contributed by atoms with Crippen LogP contribution in [-0.4, -0.2) is 16.8 Å². The van der Waals surface area contributed by atoms with Gasteiger partial charge in [0.15, 0.2) is 0 Å². The summed E-state index contributed by atoms with van der Waals surface area (Å²) in [6, 6.07) is 14.0. The lowest BCUT2D eigenvalue weighted by molar-refractivity contribution is -0.144. The molecule has 3 rings (SSSR count). The van der Waals surface area contributed by atoms with Crippen LogP contribution >= 0.6 is 0 Å². The van der Waals surface area contributed by atoms with Gasteiger partial charge in [0.25, 0.3) is 0 Å². The number of carbonyl (C=O) groups excluding carboxylic acids is 1. The molecule has 2 heterocycles. The van der Waals surface area contributed by atoms with Gasteiger partial charge in [-0.15, -0.1) is 0 Å². The van der Waals surface area contributed by atoms with E-state index in [2.05, 4.69) is 0 Å². The van der Waals surface area contributed by atoms with E-state index in [1.54, 1.807) is 6.26 Å². The van der Waals surface area contributed by atoms with Crippen LogP contribution in [0, 0.1) is 0 Å². The van der Waals surface area contributed by atoms with Gasteiger partial charge in [0.1, 0.15) is 5.76 Å². The number of hydrogen-bond acceptors (Lipinski definition) is 2. The Morgan fingerprint density at radius 3 is 2.74 bits per heavy atom. The molecular weight excluding hydrogens is 238 g/mol. The van der Waals surface area contributed by atoms with Gasteiger partial charge in [0.2, 0.25) is 5.91 Å². The van der Waals surface area contributed by atoms with E-state index in [4.69, 9.17) is 4.42 Å². The Hall–Kier alpha value is -2.29. The second-order valence-corrected chi connectivity index (χ2v) is 4.65. The molecule has 19 heavy (non-hydrogen) atoms. The van der Waals surface area contributed by atoms with Gasteiger partial charge in [0.05, 0.1) is 18.7 Å². The van der Waals surface area contributed by atoms with Gasteiger partial charge in [-0.25, -0.2) is 0 Å². The van der Waals surface area contributed by atoms with Crippen molar-refractivity contribution < 1.29 is 9.21 Å². The third-order valence-corrected chi connectivity index (χ3v) is 3.33. The molecule has 1 amide bonds. The zero-order valence-corrected chi connectivity index (χ0v) is 10.5. The van der Waals surface area contributed by atoms with Crippen LogP contribution in [0.25, 0.3) is 6.08 Å². The summed E-state index contributed by atoms with van der Waals surface area (Å²) in [5.41, 5.74) is 1.16. The summed E-state index contributed by atoms with van der Waals surface area (Å²) in [6.07, 6.45) is 6.19. The molecule has 1 aliphatic heterocycles. The molecule has 0 aliphatic carbocycles. The van der Waals surface area contributed by atoms with Crippen molar-refractivity contribution in [2.24, 2.45) is 0 Å². The number of β-lactam (4-membered cyclic amide) rings is 1. The van der Waals surface area contributed by atoms with Crippen molar-refractivity contribution in [2.75, 3.05) is 0 Å². The van der Waals surface area contributed by atoms with Gasteiger partial charge in [-0.1, -0.05) is 36.4 Å². The number of nitrogens with zero attached hydrogens (tertiary/aromatic N) is 1. The molecule has 3 nitrogen and oxygen atoms in total. The van der Waals surface area contributed by atoms with Gasteiger partial charge >= 0.3 is 0 Å². The Labute approximate surface area is 112 Å². The highest BCUT2D eigenvalue weighted by atomic mass is 16.3. The fraction of sp³-hybridized carbons (Fsp3) is 0.188. The molecule has 0 saturated carbocycles. The van der Waals surface area contributed by atoms with Crippen LogP contribution in [0.5, 0.6) is 0 Å². The van der Waals surface area contributed by atoms with Gasteiger partial charge in [-0.05, 0) is 23.8 Å². The molecule has 3 heteroatoms. The second-order valence-electron chi connectivity index (χ2n) is 4.65. The molecule has 1 saturated heterocycles. The zero-order valence-electron chi connectivity index (χ0n) is 10.5. The Morgan fingerprint density at radius 1 is 1.21 bits per heavy atom. The number of rotatable bonds is 4. The second kappa shape index (κ2) is 5.14. The van der Waals surface area contributed by atoms with Gasteiger partial charge in [-0.2, -0.15) is 0 Å². The van der Waals surface area contributed by atoms with Crippen LogP contribution in [0.1, 0.15) is 17.7 Å². The van der Waals surface area contributed by atoms with E-state index >= 15 is 0 Å². The fourth-order valence-electron chi connectivity index (χ4n) is 2.23. The predicted octanol–water partition coefficient (Wildman–Crippen LogP) is 3.09. The quantitative estimate of drug-likeness (QED) is 0.784. The van der Waals surface area contributed by atoms with Crippen molar-refractivity contribution >= 4 is 12.0 Å². The minimum absolute atomic E-state index is 0.179. The molecule has 96 valence electrons. The topological polar surface area (TPSA) is 33.5 Å². The van der Waals surface area contributed by atoms with Crippen LogP contribution in [0.2, 0.25) is 0 Å². The molecule has 1 aromatic carbocycles. The largest absolute Gasteiger partial charge is 0.465 e. The van der Waals surface area contributed by atoms with Crippen LogP contribution < -0.4 is 0 Å². The predicted molar refractivity (Wildman–Crippen MR) is 73.1 cm³/mol. The number of carbonyl (C=O) groups is 1. The van der Waals surface area contributed by atoms with E-state index in [-0.39, 0.29) is 11.9 Å². The molecular formula is C16H15NO2. The first-order valence-corrected chi connectivity index (χ1v) is 6.38. The van der Waals surface area contributed by atoms with Crippen molar-refractivity contribution in [1.82, 2.24) is 4.90 Å². The first kappa shape index (κ1) is 11.8. The minimum Gasteiger partial charge on any atom is -0.465 e. The van der Waals surface area contributed by atoms with Crippen molar-refractivity contribution in [2.45, 2.75) is 19.0 Å². The lowest BCUT2D eigenvalue weighted by atomic mass is 10.00. The summed E-state index contributed by atoms with van der Waals surface area (Å²) in [6.45, 7) is 0.673. The molecule has 1 fully saturated rings. The molecule has 0 radical (unpaired) electrons. The highest BCUT2D eigenvalue weighted by Crippen LogP contribution is 2.24. The van der Waals surface area contributed by atoms with E-state index in [1.807, 2.05) is 59.5 Å².